The minimum absolute atomic E-state index is 0.109. The Bertz CT molecular complexity index is 873. The van der Waals surface area contributed by atoms with Crippen LogP contribution in [0.5, 0.6) is 0 Å². The number of rotatable bonds is 3. The second-order valence-corrected chi connectivity index (χ2v) is 6.23. The Hall–Kier alpha value is -3.16. The standard InChI is InChI=1S/C17H19N5O3/c1-10-7-13(21-25-10)15(24)19-12-6-4-5-11(8-12)17(2)9-14(23)22(3)16(18)20-17/h4-8H,9H2,1-3H3,(H2,18,20)(H,19,24). The van der Waals surface area contributed by atoms with Crippen molar-refractivity contribution in [3.8, 4) is 0 Å². The van der Waals surface area contributed by atoms with Crippen LogP contribution < -0.4 is 11.1 Å². The van der Waals surface area contributed by atoms with Crippen molar-refractivity contribution in [2.75, 3.05) is 12.4 Å². The first kappa shape index (κ1) is 16.7. The van der Waals surface area contributed by atoms with Crippen molar-refractivity contribution in [2.24, 2.45) is 10.7 Å². The second-order valence-electron chi connectivity index (χ2n) is 6.23. The van der Waals surface area contributed by atoms with E-state index in [1.807, 2.05) is 13.0 Å². The SMILES string of the molecule is Cc1cc(C(=O)Nc2cccc(C3(C)CC(=O)N(C)C(N)=N3)c2)no1. The van der Waals surface area contributed by atoms with Gasteiger partial charge in [-0.05, 0) is 31.5 Å². The van der Waals surface area contributed by atoms with Crippen molar-refractivity contribution in [3.05, 3.63) is 47.3 Å². The molecule has 3 rings (SSSR count). The summed E-state index contributed by atoms with van der Waals surface area (Å²) in [5.41, 5.74) is 6.62. The second kappa shape index (κ2) is 6.04. The molecule has 0 aliphatic carbocycles. The van der Waals surface area contributed by atoms with E-state index in [0.29, 0.717) is 11.4 Å². The minimum Gasteiger partial charge on any atom is -0.369 e. The van der Waals surface area contributed by atoms with Gasteiger partial charge in [-0.1, -0.05) is 17.3 Å². The average Bonchev–Trinajstić information content (AvgIpc) is 2.99. The molecule has 0 radical (unpaired) electrons. The van der Waals surface area contributed by atoms with Gasteiger partial charge in [-0.25, -0.2) is 4.99 Å². The number of anilines is 1. The minimum atomic E-state index is -0.779. The van der Waals surface area contributed by atoms with Gasteiger partial charge in [0.1, 0.15) is 5.76 Å². The molecule has 0 saturated heterocycles. The Labute approximate surface area is 144 Å². The molecule has 1 aliphatic heterocycles. The molecule has 25 heavy (non-hydrogen) atoms. The molecule has 1 atom stereocenters. The van der Waals surface area contributed by atoms with Gasteiger partial charge in [0, 0.05) is 18.8 Å². The number of hydrogen-bond donors (Lipinski definition) is 2. The molecule has 8 nitrogen and oxygen atoms in total. The van der Waals surface area contributed by atoms with E-state index in [9.17, 15) is 9.59 Å². The first-order valence-electron chi connectivity index (χ1n) is 7.75. The van der Waals surface area contributed by atoms with Crippen molar-refractivity contribution in [2.45, 2.75) is 25.8 Å². The third kappa shape index (κ3) is 3.23. The van der Waals surface area contributed by atoms with Gasteiger partial charge >= 0.3 is 0 Å². The van der Waals surface area contributed by atoms with Gasteiger partial charge in [0.2, 0.25) is 5.91 Å². The smallest absolute Gasteiger partial charge is 0.277 e. The van der Waals surface area contributed by atoms with E-state index >= 15 is 0 Å². The van der Waals surface area contributed by atoms with E-state index in [4.69, 9.17) is 10.3 Å². The lowest BCUT2D eigenvalue weighted by Gasteiger charge is -2.33. The molecule has 0 bridgehead atoms. The highest BCUT2D eigenvalue weighted by atomic mass is 16.5. The van der Waals surface area contributed by atoms with Crippen molar-refractivity contribution >= 4 is 23.5 Å². The summed E-state index contributed by atoms with van der Waals surface area (Å²) in [6.45, 7) is 3.55. The number of hydrogen-bond acceptors (Lipinski definition) is 6. The third-order valence-corrected chi connectivity index (χ3v) is 4.18. The number of carbonyl (C=O) groups is 2. The van der Waals surface area contributed by atoms with E-state index in [-0.39, 0.29) is 29.9 Å². The number of nitrogens with zero attached hydrogens (tertiary/aromatic N) is 3. The lowest BCUT2D eigenvalue weighted by Crippen LogP contribution is -2.47. The molecular weight excluding hydrogens is 322 g/mol. The normalized spacial score (nSPS) is 20.4. The molecule has 1 aromatic carbocycles. The summed E-state index contributed by atoms with van der Waals surface area (Å²) in [6.07, 6.45) is 0.198. The van der Waals surface area contributed by atoms with Crippen LogP contribution in [0.3, 0.4) is 0 Å². The Morgan fingerprint density at radius 1 is 1.40 bits per heavy atom. The van der Waals surface area contributed by atoms with Gasteiger partial charge in [-0.2, -0.15) is 0 Å². The van der Waals surface area contributed by atoms with E-state index < -0.39 is 5.54 Å². The number of amides is 2. The summed E-state index contributed by atoms with van der Waals surface area (Å²) >= 11 is 0. The molecule has 130 valence electrons. The summed E-state index contributed by atoms with van der Waals surface area (Å²) in [4.78, 5) is 30.1. The molecule has 8 heteroatoms. The largest absolute Gasteiger partial charge is 0.369 e. The molecular formula is C17H19N5O3. The summed E-state index contributed by atoms with van der Waals surface area (Å²) in [5, 5.41) is 6.45. The molecule has 2 heterocycles. The van der Waals surface area contributed by atoms with Gasteiger partial charge < -0.3 is 15.6 Å². The van der Waals surface area contributed by atoms with E-state index in [1.165, 1.54) is 4.90 Å². The van der Waals surface area contributed by atoms with Crippen LogP contribution in [-0.2, 0) is 10.3 Å². The van der Waals surface area contributed by atoms with Crippen molar-refractivity contribution in [1.82, 2.24) is 10.1 Å². The van der Waals surface area contributed by atoms with E-state index in [2.05, 4.69) is 15.5 Å². The first-order valence-corrected chi connectivity index (χ1v) is 7.75. The van der Waals surface area contributed by atoms with Crippen LogP contribution in [-0.4, -0.2) is 34.9 Å². The zero-order valence-electron chi connectivity index (χ0n) is 14.2. The van der Waals surface area contributed by atoms with Gasteiger partial charge in [-0.15, -0.1) is 0 Å². The molecule has 1 aliphatic rings. The maximum absolute atomic E-state index is 12.2. The molecule has 0 spiro atoms. The zero-order valence-corrected chi connectivity index (χ0v) is 14.2. The molecule has 0 fully saturated rings. The van der Waals surface area contributed by atoms with Crippen LogP contribution in [0.15, 0.2) is 39.8 Å². The molecule has 0 saturated carbocycles. The fourth-order valence-electron chi connectivity index (χ4n) is 2.68. The van der Waals surface area contributed by atoms with Crippen molar-refractivity contribution < 1.29 is 14.1 Å². The lowest BCUT2D eigenvalue weighted by atomic mass is 9.87. The fraction of sp³-hybridized carbons (Fsp3) is 0.294. The van der Waals surface area contributed by atoms with Crippen LogP contribution in [0, 0.1) is 6.92 Å². The number of nitrogens with two attached hydrogens (primary N) is 1. The molecule has 2 amide bonds. The number of carbonyl (C=O) groups excluding carboxylic acids is 2. The van der Waals surface area contributed by atoms with Crippen LogP contribution >= 0.6 is 0 Å². The topological polar surface area (TPSA) is 114 Å². The maximum atomic E-state index is 12.2. The van der Waals surface area contributed by atoms with Gasteiger partial charge in [0.15, 0.2) is 11.7 Å². The van der Waals surface area contributed by atoms with Gasteiger partial charge in [-0.3, -0.25) is 14.5 Å². The Morgan fingerprint density at radius 3 is 2.80 bits per heavy atom. The molecule has 3 N–H and O–H groups in total. The quantitative estimate of drug-likeness (QED) is 0.880. The van der Waals surface area contributed by atoms with Crippen LogP contribution in [0.1, 0.15) is 35.2 Å². The highest BCUT2D eigenvalue weighted by Gasteiger charge is 2.36. The van der Waals surface area contributed by atoms with Crippen molar-refractivity contribution in [1.29, 1.82) is 0 Å². The first-order chi connectivity index (χ1) is 11.8. The van der Waals surface area contributed by atoms with Crippen LogP contribution in [0.2, 0.25) is 0 Å². The predicted octanol–water partition coefficient (Wildman–Crippen LogP) is 1.63. The number of aliphatic imine (C=N–C) groups is 1. The third-order valence-electron chi connectivity index (χ3n) is 4.18. The summed E-state index contributed by atoms with van der Waals surface area (Å²) in [6, 6.07) is 8.73. The Kier molecular flexibility index (Phi) is 4.03. The monoisotopic (exact) mass is 341 g/mol. The number of benzene rings is 1. The van der Waals surface area contributed by atoms with Crippen molar-refractivity contribution in [3.63, 3.8) is 0 Å². The zero-order chi connectivity index (χ0) is 18.2. The fourth-order valence-corrected chi connectivity index (χ4v) is 2.68. The molecule has 2 aromatic rings. The highest BCUT2D eigenvalue weighted by Crippen LogP contribution is 2.34. The number of nitrogens with one attached hydrogen (secondary N) is 1. The number of aromatic nitrogens is 1. The average molecular weight is 341 g/mol. The summed E-state index contributed by atoms with van der Waals surface area (Å²) in [5.74, 6) is 0.247. The Balaban J connectivity index is 1.87. The van der Waals surface area contributed by atoms with Gasteiger partial charge in [0.05, 0.1) is 12.0 Å². The van der Waals surface area contributed by atoms with Crippen LogP contribution in [0.4, 0.5) is 5.69 Å². The molecule has 1 aromatic heterocycles. The number of aryl methyl sites for hydroxylation is 1. The predicted molar refractivity (Wildman–Crippen MR) is 92.0 cm³/mol. The van der Waals surface area contributed by atoms with E-state index in [0.717, 1.165) is 5.56 Å². The summed E-state index contributed by atoms with van der Waals surface area (Å²) in [7, 11) is 1.59. The Morgan fingerprint density at radius 2 is 2.16 bits per heavy atom. The van der Waals surface area contributed by atoms with Gasteiger partial charge in [0.25, 0.3) is 5.91 Å². The summed E-state index contributed by atoms with van der Waals surface area (Å²) < 4.78 is 4.91. The maximum Gasteiger partial charge on any atom is 0.277 e. The molecule has 1 unspecified atom stereocenters. The van der Waals surface area contributed by atoms with E-state index in [1.54, 1.807) is 38.2 Å². The highest BCUT2D eigenvalue weighted by molar-refractivity contribution is 6.03. The van der Waals surface area contributed by atoms with Crippen LogP contribution in [0.25, 0.3) is 0 Å². The lowest BCUT2D eigenvalue weighted by molar-refractivity contribution is -0.128. The number of guanidine groups is 1.